The molecule has 0 atom stereocenters. The number of benzene rings is 1. The molecule has 10 heteroatoms. The lowest BCUT2D eigenvalue weighted by atomic mass is 9.99. The first-order chi connectivity index (χ1) is 17.5. The Morgan fingerprint density at radius 1 is 1.24 bits per heavy atom. The minimum absolute atomic E-state index is 0.0323. The van der Waals surface area contributed by atoms with Gasteiger partial charge < -0.3 is 15.0 Å². The highest BCUT2D eigenvalue weighted by atomic mass is 19.1. The summed E-state index contributed by atoms with van der Waals surface area (Å²) in [6.45, 7) is 10.1. The number of fused-ring (bicyclic) bond motifs is 2. The van der Waals surface area contributed by atoms with Crippen molar-refractivity contribution >= 4 is 28.8 Å². The molecule has 3 aromatic rings. The number of nitrogens with one attached hydrogen (secondary N) is 1. The van der Waals surface area contributed by atoms with E-state index in [0.29, 0.717) is 42.4 Å². The lowest BCUT2D eigenvalue weighted by Crippen LogP contribution is -2.39. The Hall–Kier alpha value is -4.00. The molecule has 0 bridgehead atoms. The summed E-state index contributed by atoms with van der Waals surface area (Å²) in [5.74, 6) is -0.368. The molecule has 37 heavy (non-hydrogen) atoms. The van der Waals surface area contributed by atoms with Crippen molar-refractivity contribution in [3.05, 3.63) is 57.3 Å². The highest BCUT2D eigenvalue weighted by Crippen LogP contribution is 2.28. The molecular weight excluding hydrogens is 475 g/mol. The summed E-state index contributed by atoms with van der Waals surface area (Å²) in [6, 6.07) is 6.42. The number of hydrogen-bond acceptors (Lipinski definition) is 7. The zero-order chi connectivity index (χ0) is 26.9. The molecule has 1 aliphatic rings. The van der Waals surface area contributed by atoms with Gasteiger partial charge in [-0.25, -0.2) is 14.2 Å². The lowest BCUT2D eigenvalue weighted by molar-refractivity contribution is 0.0223. The van der Waals surface area contributed by atoms with E-state index in [1.807, 2.05) is 40.7 Å². The summed E-state index contributed by atoms with van der Waals surface area (Å²) < 4.78 is 22.1. The minimum Gasteiger partial charge on any atom is -0.444 e. The number of amides is 1. The quantitative estimate of drug-likeness (QED) is 0.506. The van der Waals surface area contributed by atoms with Gasteiger partial charge in [-0.15, -0.1) is 0 Å². The number of carbonyl (C=O) groups excluding carboxylic acids is 1. The highest BCUT2D eigenvalue weighted by Gasteiger charge is 2.27. The molecule has 0 spiro atoms. The van der Waals surface area contributed by atoms with Gasteiger partial charge in [-0.1, -0.05) is 13.8 Å². The lowest BCUT2D eigenvalue weighted by Gasteiger charge is -2.31. The number of nitriles is 1. The molecule has 1 N–H and O–H groups in total. The first-order valence-electron chi connectivity index (χ1n) is 12.4. The molecular formula is C27H31FN6O3. The second kappa shape index (κ2) is 10.2. The second-order valence-corrected chi connectivity index (χ2v) is 10.2. The Kier molecular flexibility index (Phi) is 7.16. The highest BCUT2D eigenvalue weighted by molar-refractivity contribution is 5.77. The van der Waals surface area contributed by atoms with Crippen LogP contribution in [0.3, 0.4) is 0 Å². The Morgan fingerprint density at radius 2 is 1.97 bits per heavy atom. The zero-order valence-electron chi connectivity index (χ0n) is 21.8. The third-order valence-electron chi connectivity index (χ3n) is 6.40. The molecule has 0 saturated heterocycles. The summed E-state index contributed by atoms with van der Waals surface area (Å²) in [6.07, 6.45) is 3.03. The fraction of sp³-hybridized carbons (Fsp3) is 0.444. The van der Waals surface area contributed by atoms with Crippen LogP contribution in [-0.2, 0) is 17.7 Å². The van der Waals surface area contributed by atoms with Crippen LogP contribution < -0.4 is 10.9 Å². The number of pyridine rings is 1. The summed E-state index contributed by atoms with van der Waals surface area (Å²) >= 11 is 0. The Labute approximate surface area is 214 Å². The van der Waals surface area contributed by atoms with Crippen molar-refractivity contribution in [1.29, 1.82) is 5.26 Å². The van der Waals surface area contributed by atoms with Crippen LogP contribution in [0.5, 0.6) is 0 Å². The molecule has 4 rings (SSSR count). The number of aromatic nitrogens is 3. The van der Waals surface area contributed by atoms with Crippen LogP contribution in [0, 0.1) is 17.1 Å². The number of carbonyl (C=O) groups is 1. The number of hydrogen-bond donors (Lipinski definition) is 1. The predicted molar refractivity (Wildman–Crippen MR) is 138 cm³/mol. The maximum atomic E-state index is 15.1. The van der Waals surface area contributed by atoms with Crippen molar-refractivity contribution in [2.75, 3.05) is 11.9 Å². The molecule has 0 fully saturated rings. The van der Waals surface area contributed by atoms with Crippen LogP contribution in [0.4, 0.5) is 20.8 Å². The average molecular weight is 507 g/mol. The molecule has 9 nitrogen and oxygen atoms in total. The molecule has 1 aliphatic heterocycles. The van der Waals surface area contributed by atoms with Gasteiger partial charge >= 0.3 is 6.09 Å². The maximum Gasteiger partial charge on any atom is 0.410 e. The van der Waals surface area contributed by atoms with E-state index in [1.54, 1.807) is 11.0 Å². The second-order valence-electron chi connectivity index (χ2n) is 10.2. The van der Waals surface area contributed by atoms with Crippen LogP contribution in [0.1, 0.15) is 70.2 Å². The van der Waals surface area contributed by atoms with Gasteiger partial charge in [0, 0.05) is 30.7 Å². The average Bonchev–Trinajstić information content (AvgIpc) is 2.85. The Balaban J connectivity index is 1.65. The van der Waals surface area contributed by atoms with Crippen LogP contribution in [0.15, 0.2) is 29.2 Å². The third-order valence-corrected chi connectivity index (χ3v) is 6.40. The first-order valence-corrected chi connectivity index (χ1v) is 12.4. The zero-order valence-corrected chi connectivity index (χ0v) is 21.8. The normalized spacial score (nSPS) is 13.4. The SMILES string of the molecule is CCC(CC)n1c(=O)c(C#N)cc2cnc(Nc3cc4c(cc3F)CN(C(=O)OC(C)(C)C)CC4)nc21. The fourth-order valence-corrected chi connectivity index (χ4v) is 4.53. The minimum atomic E-state index is -0.605. The molecule has 1 amide bonds. The maximum absolute atomic E-state index is 15.1. The standard InChI is InChI=1S/C27H31FN6O3/c1-6-20(7-2)34-23-18(10-17(13-29)24(34)35)14-30-25(32-23)31-22-12-16-8-9-33(15-19(16)11-21(22)28)26(36)37-27(3,4)5/h10-12,14,20H,6-9,15H2,1-5H3,(H,30,31,32). The number of anilines is 2. The van der Waals surface area contributed by atoms with E-state index in [2.05, 4.69) is 15.3 Å². The van der Waals surface area contributed by atoms with E-state index in [-0.39, 0.29) is 29.8 Å². The number of halogens is 1. The van der Waals surface area contributed by atoms with Gasteiger partial charge in [0.2, 0.25) is 5.95 Å². The first kappa shape index (κ1) is 26.1. The van der Waals surface area contributed by atoms with E-state index in [1.165, 1.54) is 22.9 Å². The molecule has 0 unspecified atom stereocenters. The molecule has 0 aliphatic carbocycles. The van der Waals surface area contributed by atoms with Gasteiger partial charge in [0.05, 0.1) is 5.69 Å². The Bertz CT molecular complexity index is 1450. The summed E-state index contributed by atoms with van der Waals surface area (Å²) in [4.78, 5) is 35.8. The molecule has 0 radical (unpaired) electrons. The fourth-order valence-electron chi connectivity index (χ4n) is 4.53. The van der Waals surface area contributed by atoms with Gasteiger partial charge in [0.15, 0.2) is 0 Å². The molecule has 3 heterocycles. The largest absolute Gasteiger partial charge is 0.444 e. The Morgan fingerprint density at radius 3 is 2.62 bits per heavy atom. The van der Waals surface area contributed by atoms with E-state index >= 15 is 4.39 Å². The van der Waals surface area contributed by atoms with E-state index < -0.39 is 23.1 Å². The van der Waals surface area contributed by atoms with Crippen molar-refractivity contribution < 1.29 is 13.9 Å². The van der Waals surface area contributed by atoms with Gasteiger partial charge in [0.1, 0.15) is 28.7 Å². The summed E-state index contributed by atoms with van der Waals surface area (Å²) in [5.41, 5.74) is 1.25. The van der Waals surface area contributed by atoms with Crippen molar-refractivity contribution in [3.8, 4) is 6.07 Å². The molecule has 2 aromatic heterocycles. The van der Waals surface area contributed by atoms with Gasteiger partial charge in [-0.3, -0.25) is 9.36 Å². The summed E-state index contributed by atoms with van der Waals surface area (Å²) in [5, 5.41) is 12.9. The van der Waals surface area contributed by atoms with Crippen molar-refractivity contribution in [2.45, 2.75) is 72.1 Å². The number of rotatable bonds is 5. The topological polar surface area (TPSA) is 113 Å². The third kappa shape index (κ3) is 5.40. The van der Waals surface area contributed by atoms with Crippen LogP contribution in [-0.4, -0.2) is 37.7 Å². The van der Waals surface area contributed by atoms with Crippen molar-refractivity contribution in [3.63, 3.8) is 0 Å². The van der Waals surface area contributed by atoms with E-state index in [4.69, 9.17) is 4.74 Å². The van der Waals surface area contributed by atoms with E-state index in [9.17, 15) is 14.9 Å². The van der Waals surface area contributed by atoms with Gasteiger partial charge in [-0.2, -0.15) is 10.2 Å². The van der Waals surface area contributed by atoms with Crippen LogP contribution in [0.25, 0.3) is 11.0 Å². The number of nitrogens with zero attached hydrogens (tertiary/aromatic N) is 5. The number of ether oxygens (including phenoxy) is 1. The van der Waals surface area contributed by atoms with Crippen LogP contribution in [0.2, 0.25) is 0 Å². The van der Waals surface area contributed by atoms with Crippen LogP contribution >= 0.6 is 0 Å². The van der Waals surface area contributed by atoms with Crippen molar-refractivity contribution in [2.24, 2.45) is 0 Å². The van der Waals surface area contributed by atoms with Gasteiger partial charge in [-0.05, 0) is 69.4 Å². The smallest absolute Gasteiger partial charge is 0.410 e. The van der Waals surface area contributed by atoms with E-state index in [0.717, 1.165) is 5.56 Å². The molecule has 194 valence electrons. The predicted octanol–water partition coefficient (Wildman–Crippen LogP) is 5.20. The summed E-state index contributed by atoms with van der Waals surface area (Å²) in [7, 11) is 0. The molecule has 1 aromatic carbocycles. The molecule has 0 saturated carbocycles. The monoisotopic (exact) mass is 506 g/mol. The van der Waals surface area contributed by atoms with Crippen molar-refractivity contribution in [1.82, 2.24) is 19.4 Å². The van der Waals surface area contributed by atoms with Gasteiger partial charge in [0.25, 0.3) is 5.56 Å².